The molecule has 0 aromatic heterocycles. The van der Waals surface area contributed by atoms with E-state index in [1.807, 2.05) is 7.05 Å². The molecule has 4 aliphatic rings. The summed E-state index contributed by atoms with van der Waals surface area (Å²) in [7, 11) is 3.31. The van der Waals surface area contributed by atoms with Crippen molar-refractivity contribution in [3.63, 3.8) is 0 Å². The summed E-state index contributed by atoms with van der Waals surface area (Å²) < 4.78 is 4.85. The summed E-state index contributed by atoms with van der Waals surface area (Å²) in [6.07, 6.45) is 1.69. The second-order valence-corrected chi connectivity index (χ2v) is 6.70. The molecule has 4 heterocycles. The molecule has 0 radical (unpaired) electrons. The number of piperazine rings is 3. The minimum absolute atomic E-state index is 0.0438. The van der Waals surface area contributed by atoms with E-state index in [0.29, 0.717) is 6.04 Å². The Kier molecular flexibility index (Phi) is 5.38. The average Bonchev–Trinajstić information content (AvgIpc) is 2.63. The molecule has 0 spiro atoms. The maximum Gasteiger partial charge on any atom is 0.308 e. The summed E-state index contributed by atoms with van der Waals surface area (Å²) in [6.45, 7) is 8.64. The smallest absolute Gasteiger partial charge is 0.308 e. The molecular formula is C16H29N5O2. The van der Waals surface area contributed by atoms with E-state index in [1.54, 1.807) is 0 Å². The lowest BCUT2D eigenvalue weighted by molar-refractivity contribution is -0.146. The van der Waals surface area contributed by atoms with Gasteiger partial charge in [0.2, 0.25) is 0 Å². The summed E-state index contributed by atoms with van der Waals surface area (Å²) in [5.74, 6) is 0.931. The Bertz CT molecular complexity index is 440. The second-order valence-electron chi connectivity index (χ2n) is 6.70. The van der Waals surface area contributed by atoms with Gasteiger partial charge in [0.15, 0.2) is 5.96 Å². The van der Waals surface area contributed by atoms with E-state index in [0.717, 1.165) is 45.0 Å². The number of methoxy groups -OCH3 is 1. The first-order chi connectivity index (χ1) is 11.2. The van der Waals surface area contributed by atoms with Crippen molar-refractivity contribution >= 4 is 11.9 Å². The molecule has 2 bridgehead atoms. The Morgan fingerprint density at radius 1 is 1.17 bits per heavy atom. The third-order valence-corrected chi connectivity index (χ3v) is 5.43. The van der Waals surface area contributed by atoms with E-state index in [4.69, 9.17) is 4.74 Å². The zero-order chi connectivity index (χ0) is 16.2. The monoisotopic (exact) mass is 323 g/mol. The van der Waals surface area contributed by atoms with Gasteiger partial charge in [-0.1, -0.05) is 0 Å². The molecule has 0 aliphatic carbocycles. The van der Waals surface area contributed by atoms with Crippen LogP contribution in [0.25, 0.3) is 0 Å². The Morgan fingerprint density at radius 2 is 1.87 bits per heavy atom. The molecule has 0 saturated carbocycles. The highest BCUT2D eigenvalue weighted by Gasteiger charge is 2.32. The molecular weight excluding hydrogens is 294 g/mol. The molecule has 4 rings (SSSR count). The van der Waals surface area contributed by atoms with Crippen molar-refractivity contribution in [3.8, 4) is 0 Å². The van der Waals surface area contributed by atoms with Crippen LogP contribution in [0.3, 0.4) is 0 Å². The second kappa shape index (κ2) is 7.49. The van der Waals surface area contributed by atoms with Gasteiger partial charge in [0, 0.05) is 65.4 Å². The van der Waals surface area contributed by atoms with Crippen LogP contribution in [-0.4, -0.2) is 99.2 Å². The van der Waals surface area contributed by atoms with Crippen molar-refractivity contribution in [2.24, 2.45) is 10.9 Å². The Balaban J connectivity index is 1.46. The van der Waals surface area contributed by atoms with Gasteiger partial charge in [-0.3, -0.25) is 19.6 Å². The third-order valence-electron chi connectivity index (χ3n) is 5.43. The van der Waals surface area contributed by atoms with Crippen LogP contribution in [0, 0.1) is 5.92 Å². The van der Waals surface area contributed by atoms with Crippen LogP contribution in [0.5, 0.6) is 0 Å². The molecule has 0 aromatic carbocycles. The van der Waals surface area contributed by atoms with Gasteiger partial charge < -0.3 is 15.0 Å². The first kappa shape index (κ1) is 16.5. The molecule has 7 nitrogen and oxygen atoms in total. The van der Waals surface area contributed by atoms with Crippen LogP contribution >= 0.6 is 0 Å². The number of piperidine rings is 1. The normalized spacial score (nSPS) is 32.0. The number of fused-ring (bicyclic) bond motifs is 3. The zero-order valence-electron chi connectivity index (χ0n) is 14.3. The van der Waals surface area contributed by atoms with Crippen LogP contribution < -0.4 is 5.32 Å². The Labute approximate surface area is 138 Å². The number of nitrogens with one attached hydrogen (secondary N) is 1. The van der Waals surface area contributed by atoms with Crippen LogP contribution in [0.1, 0.15) is 12.8 Å². The van der Waals surface area contributed by atoms with Crippen molar-refractivity contribution in [1.82, 2.24) is 20.0 Å². The van der Waals surface area contributed by atoms with E-state index >= 15 is 0 Å². The SMILES string of the molecule is CN=C(NCC1CN2CCN1CC2)N1CCC(C(=O)OC)CC1. The number of esters is 1. The number of likely N-dealkylation sites (tertiary alicyclic amines) is 1. The summed E-state index contributed by atoms with van der Waals surface area (Å²) in [5.41, 5.74) is 0. The number of carbonyl (C=O) groups is 1. The third kappa shape index (κ3) is 3.77. The molecule has 4 aliphatic heterocycles. The van der Waals surface area contributed by atoms with E-state index in [-0.39, 0.29) is 11.9 Å². The van der Waals surface area contributed by atoms with Gasteiger partial charge in [0.25, 0.3) is 0 Å². The predicted molar refractivity (Wildman–Crippen MR) is 89.5 cm³/mol. The maximum absolute atomic E-state index is 11.6. The first-order valence-corrected chi connectivity index (χ1v) is 8.71. The summed E-state index contributed by atoms with van der Waals surface area (Å²) in [4.78, 5) is 23.5. The molecule has 1 N–H and O–H groups in total. The summed E-state index contributed by atoms with van der Waals surface area (Å²) in [5, 5.41) is 3.54. The number of nitrogens with zero attached hydrogens (tertiary/aromatic N) is 4. The van der Waals surface area contributed by atoms with Crippen LogP contribution in [0.4, 0.5) is 0 Å². The molecule has 4 fully saturated rings. The van der Waals surface area contributed by atoms with Crippen LogP contribution in [0.15, 0.2) is 4.99 Å². The van der Waals surface area contributed by atoms with E-state index in [9.17, 15) is 4.79 Å². The van der Waals surface area contributed by atoms with Gasteiger partial charge >= 0.3 is 5.97 Å². The van der Waals surface area contributed by atoms with Crippen molar-refractivity contribution < 1.29 is 9.53 Å². The molecule has 1 unspecified atom stereocenters. The number of carbonyl (C=O) groups excluding carboxylic acids is 1. The van der Waals surface area contributed by atoms with Crippen molar-refractivity contribution in [2.75, 3.05) is 66.5 Å². The highest BCUT2D eigenvalue weighted by atomic mass is 16.5. The van der Waals surface area contributed by atoms with Crippen molar-refractivity contribution in [1.29, 1.82) is 0 Å². The zero-order valence-corrected chi connectivity index (χ0v) is 14.3. The number of hydrogen-bond acceptors (Lipinski definition) is 5. The lowest BCUT2D eigenvalue weighted by Gasteiger charge is -2.47. The van der Waals surface area contributed by atoms with Crippen LogP contribution in [0.2, 0.25) is 0 Å². The molecule has 0 aromatic rings. The number of ether oxygens (including phenoxy) is 1. The minimum atomic E-state index is -0.0762. The summed E-state index contributed by atoms with van der Waals surface area (Å²) in [6, 6.07) is 0.585. The largest absolute Gasteiger partial charge is 0.469 e. The number of hydrogen-bond donors (Lipinski definition) is 1. The molecule has 4 saturated heterocycles. The van der Waals surface area contributed by atoms with Gasteiger partial charge in [0.05, 0.1) is 13.0 Å². The van der Waals surface area contributed by atoms with E-state index in [2.05, 4.69) is 25.0 Å². The average molecular weight is 323 g/mol. The first-order valence-electron chi connectivity index (χ1n) is 8.71. The number of aliphatic imine (C=N–C) groups is 1. The maximum atomic E-state index is 11.6. The van der Waals surface area contributed by atoms with E-state index in [1.165, 1.54) is 33.3 Å². The summed E-state index contributed by atoms with van der Waals surface area (Å²) >= 11 is 0. The Morgan fingerprint density at radius 3 is 2.39 bits per heavy atom. The standard InChI is InChI=1S/C16H29N5O2/c1-17-16(21-5-3-13(4-6-21)15(22)23-2)18-11-14-12-19-7-9-20(14)10-8-19/h13-14H,3-12H2,1-2H3,(H,17,18). The van der Waals surface area contributed by atoms with Crippen LogP contribution in [-0.2, 0) is 9.53 Å². The number of rotatable bonds is 3. The molecule has 130 valence electrons. The topological polar surface area (TPSA) is 60.4 Å². The van der Waals surface area contributed by atoms with Crippen molar-refractivity contribution in [3.05, 3.63) is 0 Å². The molecule has 7 heteroatoms. The molecule has 0 amide bonds. The fourth-order valence-corrected chi connectivity index (χ4v) is 3.95. The Hall–Kier alpha value is -1.34. The highest BCUT2D eigenvalue weighted by Crippen LogP contribution is 2.19. The quantitative estimate of drug-likeness (QED) is 0.427. The molecule has 1 atom stereocenters. The predicted octanol–water partition coefficient (Wildman–Crippen LogP) is -0.553. The minimum Gasteiger partial charge on any atom is -0.469 e. The highest BCUT2D eigenvalue weighted by molar-refractivity contribution is 5.80. The van der Waals surface area contributed by atoms with Gasteiger partial charge in [-0.25, -0.2) is 0 Å². The van der Waals surface area contributed by atoms with Gasteiger partial charge in [0.1, 0.15) is 0 Å². The van der Waals surface area contributed by atoms with Gasteiger partial charge in [-0.2, -0.15) is 0 Å². The molecule has 23 heavy (non-hydrogen) atoms. The van der Waals surface area contributed by atoms with E-state index < -0.39 is 0 Å². The van der Waals surface area contributed by atoms with Crippen molar-refractivity contribution in [2.45, 2.75) is 18.9 Å². The lowest BCUT2D eigenvalue weighted by atomic mass is 9.97. The van der Waals surface area contributed by atoms with Gasteiger partial charge in [-0.15, -0.1) is 0 Å². The fraction of sp³-hybridized carbons (Fsp3) is 0.875. The fourth-order valence-electron chi connectivity index (χ4n) is 3.95. The number of guanidine groups is 1. The lowest BCUT2D eigenvalue weighted by Crippen LogP contribution is -2.64. The van der Waals surface area contributed by atoms with Gasteiger partial charge in [-0.05, 0) is 12.8 Å².